The molecule has 1 rings (SSSR count). The Bertz CT molecular complexity index is 356. The molecular weight excluding hydrogens is 261 g/mol. The van der Waals surface area contributed by atoms with Gasteiger partial charge in [-0.25, -0.2) is 4.99 Å². The Morgan fingerprint density at radius 2 is 2.20 bits per heavy atom. The van der Waals surface area contributed by atoms with Crippen molar-refractivity contribution in [3.8, 4) is 0 Å². The molecular formula is C7H9Cl2N3O2S. The highest BCUT2D eigenvalue weighted by Gasteiger charge is 2.38. The lowest BCUT2D eigenvalue weighted by Crippen LogP contribution is -2.44. The van der Waals surface area contributed by atoms with Gasteiger partial charge in [0.2, 0.25) is 10.7 Å². The maximum absolute atomic E-state index is 10.7. The number of hydrogen-bond donors (Lipinski definition) is 1. The maximum Gasteiger partial charge on any atom is 0.320 e. The fourth-order valence-corrected chi connectivity index (χ4v) is 2.57. The van der Waals surface area contributed by atoms with Crippen LogP contribution in [0.2, 0.25) is 0 Å². The van der Waals surface area contributed by atoms with Gasteiger partial charge in [-0.15, -0.1) is 12.6 Å². The van der Waals surface area contributed by atoms with E-state index in [-0.39, 0.29) is 22.1 Å². The van der Waals surface area contributed by atoms with Crippen molar-refractivity contribution in [1.29, 1.82) is 0 Å². The fraction of sp³-hybridized carbons (Fsp3) is 0.571. The minimum Gasteiger partial charge on any atom is -0.323 e. The molecule has 0 amide bonds. The van der Waals surface area contributed by atoms with Crippen LogP contribution in [-0.2, 0) is 0 Å². The van der Waals surface area contributed by atoms with Crippen molar-refractivity contribution in [3.05, 3.63) is 21.0 Å². The van der Waals surface area contributed by atoms with Crippen LogP contribution in [0.25, 0.3) is 0 Å². The summed E-state index contributed by atoms with van der Waals surface area (Å²) >= 11 is 15.6. The molecule has 0 N–H and O–H groups in total. The van der Waals surface area contributed by atoms with Crippen LogP contribution in [0.5, 0.6) is 0 Å². The van der Waals surface area contributed by atoms with Crippen LogP contribution in [0, 0.1) is 10.1 Å². The lowest BCUT2D eigenvalue weighted by molar-refractivity contribution is -0.430. The van der Waals surface area contributed by atoms with E-state index in [1.807, 2.05) is 13.8 Å². The SMILES string of the molecule is CC(C)N1C(S)=NC(Cl)=C([N+](=O)[O-])C1Cl. The molecule has 0 saturated carbocycles. The van der Waals surface area contributed by atoms with Crippen LogP contribution in [0.1, 0.15) is 13.8 Å². The molecule has 1 atom stereocenters. The van der Waals surface area contributed by atoms with Crippen LogP contribution in [0.15, 0.2) is 15.8 Å². The predicted octanol–water partition coefficient (Wildman–Crippen LogP) is 2.25. The second kappa shape index (κ2) is 4.59. The number of halogens is 2. The zero-order chi connectivity index (χ0) is 11.7. The van der Waals surface area contributed by atoms with Gasteiger partial charge in [0.05, 0.1) is 4.92 Å². The Labute approximate surface area is 102 Å². The number of nitrogens with zero attached hydrogens (tertiary/aromatic N) is 3. The highest BCUT2D eigenvalue weighted by atomic mass is 35.5. The van der Waals surface area contributed by atoms with Crippen LogP contribution >= 0.6 is 35.8 Å². The van der Waals surface area contributed by atoms with Gasteiger partial charge in [-0.1, -0.05) is 23.2 Å². The molecule has 0 aromatic heterocycles. The van der Waals surface area contributed by atoms with Crippen molar-refractivity contribution in [1.82, 2.24) is 4.90 Å². The average molecular weight is 270 g/mol. The third kappa shape index (κ3) is 2.38. The number of thiol groups is 1. The lowest BCUT2D eigenvalue weighted by atomic mass is 10.3. The van der Waals surface area contributed by atoms with Crippen LogP contribution in [-0.4, -0.2) is 26.5 Å². The molecule has 1 unspecified atom stereocenters. The van der Waals surface area contributed by atoms with Crippen molar-refractivity contribution >= 4 is 41.0 Å². The third-order valence-corrected chi connectivity index (χ3v) is 2.89. The molecule has 0 radical (unpaired) electrons. The average Bonchev–Trinajstić information content (AvgIpc) is 1.99. The van der Waals surface area contributed by atoms with Crippen molar-refractivity contribution in [2.75, 3.05) is 0 Å². The van der Waals surface area contributed by atoms with Gasteiger partial charge in [0.25, 0.3) is 0 Å². The van der Waals surface area contributed by atoms with Crippen LogP contribution in [0.3, 0.4) is 0 Å². The van der Waals surface area contributed by atoms with Crippen LogP contribution < -0.4 is 0 Å². The van der Waals surface area contributed by atoms with E-state index in [1.54, 1.807) is 0 Å². The molecule has 5 nitrogen and oxygen atoms in total. The monoisotopic (exact) mass is 269 g/mol. The minimum absolute atomic E-state index is 0.0523. The first-order chi connectivity index (χ1) is 6.86. The normalized spacial score (nSPS) is 22.1. The molecule has 0 saturated heterocycles. The highest BCUT2D eigenvalue weighted by Crippen LogP contribution is 2.30. The van der Waals surface area contributed by atoms with E-state index in [9.17, 15) is 10.1 Å². The molecule has 1 heterocycles. The molecule has 0 spiro atoms. The molecule has 1 aliphatic heterocycles. The molecule has 84 valence electrons. The quantitative estimate of drug-likeness (QED) is 0.275. The van der Waals surface area contributed by atoms with Crippen molar-refractivity contribution in [3.63, 3.8) is 0 Å². The van der Waals surface area contributed by atoms with E-state index >= 15 is 0 Å². The molecule has 8 heteroatoms. The van der Waals surface area contributed by atoms with E-state index < -0.39 is 10.4 Å². The maximum atomic E-state index is 10.7. The molecule has 15 heavy (non-hydrogen) atoms. The summed E-state index contributed by atoms with van der Waals surface area (Å²) in [5.41, 5.74) is -1.26. The van der Waals surface area contributed by atoms with Gasteiger partial charge >= 0.3 is 5.70 Å². The second-order valence-corrected chi connectivity index (χ2v) is 4.35. The van der Waals surface area contributed by atoms with E-state index in [4.69, 9.17) is 23.2 Å². The van der Waals surface area contributed by atoms with Crippen molar-refractivity contribution in [2.24, 2.45) is 4.99 Å². The highest BCUT2D eigenvalue weighted by molar-refractivity contribution is 7.96. The van der Waals surface area contributed by atoms with E-state index in [2.05, 4.69) is 17.6 Å². The molecule has 0 aromatic rings. The first-order valence-corrected chi connectivity index (χ1v) is 5.36. The van der Waals surface area contributed by atoms with Crippen molar-refractivity contribution in [2.45, 2.75) is 25.4 Å². The van der Waals surface area contributed by atoms with Gasteiger partial charge in [0, 0.05) is 6.04 Å². The number of hydrogen-bond acceptors (Lipinski definition) is 4. The molecule has 1 aliphatic rings. The predicted molar refractivity (Wildman–Crippen MR) is 62.9 cm³/mol. The summed E-state index contributed by atoms with van der Waals surface area (Å²) in [7, 11) is 0. The zero-order valence-corrected chi connectivity index (χ0v) is 10.4. The van der Waals surface area contributed by atoms with Gasteiger partial charge in [-0.3, -0.25) is 10.1 Å². The number of rotatable bonds is 2. The topological polar surface area (TPSA) is 58.7 Å². The Hall–Kier alpha value is -0.460. The summed E-state index contributed by atoms with van der Waals surface area (Å²) in [6.07, 6.45) is 0. The second-order valence-electron chi connectivity index (χ2n) is 3.18. The first-order valence-electron chi connectivity index (χ1n) is 4.10. The minimum atomic E-state index is -0.947. The molecule has 0 fully saturated rings. The Kier molecular flexibility index (Phi) is 3.86. The Morgan fingerprint density at radius 3 is 2.60 bits per heavy atom. The van der Waals surface area contributed by atoms with E-state index in [0.717, 1.165) is 0 Å². The summed E-state index contributed by atoms with van der Waals surface area (Å²) in [6.45, 7) is 3.66. The summed E-state index contributed by atoms with van der Waals surface area (Å²) < 4.78 is 0. The summed E-state index contributed by atoms with van der Waals surface area (Å²) in [4.78, 5) is 15.4. The summed E-state index contributed by atoms with van der Waals surface area (Å²) in [5.74, 6) is 0. The van der Waals surface area contributed by atoms with Crippen LogP contribution in [0.4, 0.5) is 0 Å². The third-order valence-electron chi connectivity index (χ3n) is 1.86. The Balaban J connectivity index is 3.18. The van der Waals surface area contributed by atoms with Gasteiger partial charge in [-0.05, 0) is 13.8 Å². The van der Waals surface area contributed by atoms with E-state index in [1.165, 1.54) is 4.90 Å². The fourth-order valence-electron chi connectivity index (χ4n) is 1.19. The Morgan fingerprint density at radius 1 is 1.67 bits per heavy atom. The van der Waals surface area contributed by atoms with E-state index in [0.29, 0.717) is 0 Å². The smallest absolute Gasteiger partial charge is 0.320 e. The van der Waals surface area contributed by atoms with Gasteiger partial charge in [-0.2, -0.15) is 0 Å². The summed E-state index contributed by atoms with van der Waals surface area (Å²) in [5, 5.41) is 10.8. The lowest BCUT2D eigenvalue weighted by Gasteiger charge is -2.32. The van der Waals surface area contributed by atoms with Gasteiger partial charge in [0.15, 0.2) is 5.17 Å². The number of nitro groups is 1. The molecule has 0 bridgehead atoms. The largest absolute Gasteiger partial charge is 0.323 e. The van der Waals surface area contributed by atoms with Crippen molar-refractivity contribution < 1.29 is 4.92 Å². The summed E-state index contributed by atoms with van der Waals surface area (Å²) in [6, 6.07) is -0.0523. The zero-order valence-electron chi connectivity index (χ0n) is 8.02. The van der Waals surface area contributed by atoms with Gasteiger partial charge in [0.1, 0.15) is 0 Å². The van der Waals surface area contributed by atoms with Gasteiger partial charge < -0.3 is 4.90 Å². The number of aliphatic imine (C=N–C) groups is 1. The molecule has 0 aromatic carbocycles. The number of amidine groups is 1. The molecule has 0 aliphatic carbocycles. The first kappa shape index (κ1) is 12.6. The standard InChI is InChI=1S/C7H9Cl2N3O2S/c1-3(2)11-6(9)4(12(13)14)5(8)10-7(11)15/h3,6H,1-2H3,(H,10,15). The number of alkyl halides is 1.